The van der Waals surface area contributed by atoms with E-state index in [0.29, 0.717) is 12.1 Å². The van der Waals surface area contributed by atoms with Crippen molar-refractivity contribution in [1.82, 2.24) is 4.90 Å². The van der Waals surface area contributed by atoms with Crippen LogP contribution in [0.3, 0.4) is 0 Å². The van der Waals surface area contributed by atoms with Gasteiger partial charge in [-0.05, 0) is 38.7 Å². The zero-order valence-corrected chi connectivity index (χ0v) is 15.3. The molecule has 0 fully saturated rings. The van der Waals surface area contributed by atoms with Crippen molar-refractivity contribution in [3.05, 3.63) is 77.6 Å². The van der Waals surface area contributed by atoms with Crippen LogP contribution in [0.15, 0.2) is 60.7 Å². The average molecular weight is 357 g/mol. The van der Waals surface area contributed by atoms with Crippen molar-refractivity contribution >= 4 is 11.7 Å². The van der Waals surface area contributed by atoms with E-state index in [-0.39, 0.29) is 12.4 Å². The molecule has 0 saturated heterocycles. The molecule has 0 heterocycles. The Balaban J connectivity index is 2.49. The highest BCUT2D eigenvalue weighted by Crippen LogP contribution is 2.34. The number of hydrogen-bond acceptors (Lipinski definition) is 4. The molecule has 0 aliphatic carbocycles. The van der Waals surface area contributed by atoms with Gasteiger partial charge < -0.3 is 14.4 Å². The SMILES string of the molecule is CCOC(=O)OC(C(=CCN(C)C)c1ccccc1)c1cccc(F)c1. The normalized spacial score (nSPS) is 12.7. The zero-order valence-electron chi connectivity index (χ0n) is 15.3. The zero-order chi connectivity index (χ0) is 18.9. The Bertz CT molecular complexity index is 744. The minimum absolute atomic E-state index is 0.205. The lowest BCUT2D eigenvalue weighted by Crippen LogP contribution is -2.17. The summed E-state index contributed by atoms with van der Waals surface area (Å²) in [6, 6.07) is 15.7. The summed E-state index contributed by atoms with van der Waals surface area (Å²) in [5.41, 5.74) is 2.22. The molecular weight excluding hydrogens is 333 g/mol. The third kappa shape index (κ3) is 5.70. The third-order valence-corrected chi connectivity index (χ3v) is 3.69. The summed E-state index contributed by atoms with van der Waals surface area (Å²) in [5, 5.41) is 0. The first-order valence-electron chi connectivity index (χ1n) is 8.50. The first-order valence-corrected chi connectivity index (χ1v) is 8.50. The monoisotopic (exact) mass is 357 g/mol. The van der Waals surface area contributed by atoms with Crippen LogP contribution >= 0.6 is 0 Å². The summed E-state index contributed by atoms with van der Waals surface area (Å²) in [5.74, 6) is -0.389. The fourth-order valence-electron chi connectivity index (χ4n) is 2.52. The molecule has 2 aromatic rings. The highest BCUT2D eigenvalue weighted by Gasteiger charge is 2.24. The molecule has 0 aliphatic heterocycles. The first kappa shape index (κ1) is 19.7. The number of carbonyl (C=O) groups is 1. The maximum atomic E-state index is 13.8. The summed E-state index contributed by atoms with van der Waals surface area (Å²) in [6.07, 6.45) is 0.421. The van der Waals surface area contributed by atoms with Gasteiger partial charge in [0, 0.05) is 17.7 Å². The summed E-state index contributed by atoms with van der Waals surface area (Å²) in [4.78, 5) is 14.0. The van der Waals surface area contributed by atoms with Gasteiger partial charge in [-0.2, -0.15) is 0 Å². The highest BCUT2D eigenvalue weighted by atomic mass is 19.1. The third-order valence-electron chi connectivity index (χ3n) is 3.69. The molecule has 138 valence electrons. The molecule has 1 unspecified atom stereocenters. The molecule has 26 heavy (non-hydrogen) atoms. The highest BCUT2D eigenvalue weighted by molar-refractivity contribution is 5.73. The predicted molar refractivity (Wildman–Crippen MR) is 100 cm³/mol. The molecule has 0 spiro atoms. The Morgan fingerprint density at radius 2 is 1.88 bits per heavy atom. The molecule has 0 N–H and O–H groups in total. The largest absolute Gasteiger partial charge is 0.509 e. The van der Waals surface area contributed by atoms with Crippen LogP contribution in [0.1, 0.15) is 24.2 Å². The van der Waals surface area contributed by atoms with Crippen LogP contribution in [0, 0.1) is 5.82 Å². The van der Waals surface area contributed by atoms with Gasteiger partial charge in [-0.1, -0.05) is 48.5 Å². The van der Waals surface area contributed by atoms with Crippen LogP contribution in [-0.4, -0.2) is 38.3 Å². The van der Waals surface area contributed by atoms with Gasteiger partial charge in [-0.25, -0.2) is 9.18 Å². The van der Waals surface area contributed by atoms with Crippen molar-refractivity contribution < 1.29 is 18.7 Å². The molecule has 1 atom stereocenters. The van der Waals surface area contributed by atoms with Crippen LogP contribution < -0.4 is 0 Å². The van der Waals surface area contributed by atoms with Crippen molar-refractivity contribution in [3.8, 4) is 0 Å². The molecule has 5 heteroatoms. The van der Waals surface area contributed by atoms with E-state index in [9.17, 15) is 9.18 Å². The van der Waals surface area contributed by atoms with Crippen molar-refractivity contribution in [3.63, 3.8) is 0 Å². The van der Waals surface area contributed by atoms with Gasteiger partial charge >= 0.3 is 6.16 Å². The molecule has 0 radical (unpaired) electrons. The Hall–Kier alpha value is -2.66. The molecular formula is C21H24FNO3. The van der Waals surface area contributed by atoms with Crippen molar-refractivity contribution in [2.75, 3.05) is 27.2 Å². The van der Waals surface area contributed by atoms with Gasteiger partial charge in [0.15, 0.2) is 6.10 Å². The summed E-state index contributed by atoms with van der Waals surface area (Å²) in [7, 11) is 3.89. The molecule has 4 nitrogen and oxygen atoms in total. The second-order valence-corrected chi connectivity index (χ2v) is 6.02. The number of rotatable bonds is 7. The Morgan fingerprint density at radius 3 is 2.50 bits per heavy atom. The number of nitrogens with zero attached hydrogens (tertiary/aromatic N) is 1. The predicted octanol–water partition coefficient (Wildman–Crippen LogP) is 4.69. The van der Waals surface area contributed by atoms with Crippen LogP contribution in [-0.2, 0) is 9.47 Å². The van der Waals surface area contributed by atoms with Gasteiger partial charge in [0.05, 0.1) is 6.61 Å². The van der Waals surface area contributed by atoms with E-state index in [1.54, 1.807) is 19.1 Å². The smallest absolute Gasteiger partial charge is 0.435 e. The fraction of sp³-hybridized carbons (Fsp3) is 0.286. The summed E-state index contributed by atoms with van der Waals surface area (Å²) >= 11 is 0. The van der Waals surface area contributed by atoms with Gasteiger partial charge in [0.2, 0.25) is 0 Å². The number of hydrogen-bond donors (Lipinski definition) is 0. The molecule has 0 saturated carbocycles. The van der Waals surface area contributed by atoms with Gasteiger partial charge in [0.1, 0.15) is 5.82 Å². The maximum absolute atomic E-state index is 13.8. The number of carbonyl (C=O) groups excluding carboxylic acids is 1. The van der Waals surface area contributed by atoms with Gasteiger partial charge in [-0.15, -0.1) is 0 Å². The number of halogens is 1. The van der Waals surface area contributed by atoms with Crippen LogP contribution in [0.2, 0.25) is 0 Å². The minimum Gasteiger partial charge on any atom is -0.435 e. The van der Waals surface area contributed by atoms with E-state index in [0.717, 1.165) is 11.1 Å². The topological polar surface area (TPSA) is 38.8 Å². The number of likely N-dealkylation sites (N-methyl/N-ethyl adjacent to an activating group) is 1. The summed E-state index contributed by atoms with van der Waals surface area (Å²) in [6.45, 7) is 2.55. The van der Waals surface area contributed by atoms with E-state index in [2.05, 4.69) is 0 Å². The molecule has 2 rings (SSSR count). The van der Waals surface area contributed by atoms with Gasteiger partial charge in [-0.3, -0.25) is 0 Å². The molecule has 0 bridgehead atoms. The lowest BCUT2D eigenvalue weighted by atomic mass is 9.94. The standard InChI is InChI=1S/C21H24FNO3/c1-4-25-21(24)26-20(17-11-8-12-18(22)15-17)19(13-14-23(2)3)16-9-6-5-7-10-16/h5-13,15,20H,4,14H2,1-3H3. The second-order valence-electron chi connectivity index (χ2n) is 6.02. The summed E-state index contributed by atoms with van der Waals surface area (Å²) < 4.78 is 24.3. The Labute approximate surface area is 153 Å². The van der Waals surface area contributed by atoms with Crippen LogP contribution in [0.5, 0.6) is 0 Å². The van der Waals surface area contributed by atoms with Crippen molar-refractivity contribution in [2.45, 2.75) is 13.0 Å². The first-order chi connectivity index (χ1) is 12.5. The second kappa shape index (κ2) is 9.73. The maximum Gasteiger partial charge on any atom is 0.509 e. The quantitative estimate of drug-likeness (QED) is 0.674. The van der Waals surface area contributed by atoms with E-state index in [1.165, 1.54) is 12.1 Å². The van der Waals surface area contributed by atoms with E-state index in [1.807, 2.05) is 55.4 Å². The Morgan fingerprint density at radius 1 is 1.15 bits per heavy atom. The molecule has 2 aromatic carbocycles. The number of benzene rings is 2. The van der Waals surface area contributed by atoms with Crippen LogP contribution in [0.25, 0.3) is 5.57 Å². The lowest BCUT2D eigenvalue weighted by molar-refractivity contribution is 0.0426. The molecule has 0 aliphatic rings. The van der Waals surface area contributed by atoms with E-state index in [4.69, 9.17) is 9.47 Å². The van der Waals surface area contributed by atoms with Crippen LogP contribution in [0.4, 0.5) is 9.18 Å². The Kier molecular flexibility index (Phi) is 7.36. The molecule has 0 amide bonds. The van der Waals surface area contributed by atoms with Gasteiger partial charge in [0.25, 0.3) is 0 Å². The minimum atomic E-state index is -0.784. The lowest BCUT2D eigenvalue weighted by Gasteiger charge is -2.22. The number of ether oxygens (including phenoxy) is 2. The average Bonchev–Trinajstić information content (AvgIpc) is 2.62. The van der Waals surface area contributed by atoms with E-state index < -0.39 is 12.3 Å². The molecule has 0 aromatic heterocycles. The van der Waals surface area contributed by atoms with E-state index >= 15 is 0 Å². The van der Waals surface area contributed by atoms with Crippen molar-refractivity contribution in [1.29, 1.82) is 0 Å². The van der Waals surface area contributed by atoms with Crippen molar-refractivity contribution in [2.24, 2.45) is 0 Å². The fourth-order valence-corrected chi connectivity index (χ4v) is 2.52.